The maximum Gasteiger partial charge on any atom is 0.306 e. The normalized spacial score (nSPS) is 12.1. The van der Waals surface area contributed by atoms with Gasteiger partial charge in [-0.25, -0.2) is 0 Å². The van der Waals surface area contributed by atoms with E-state index in [1.165, 1.54) is 38.5 Å². The molecule has 0 saturated heterocycles. The summed E-state index contributed by atoms with van der Waals surface area (Å²) in [7, 11) is 0. The van der Waals surface area contributed by atoms with E-state index in [4.69, 9.17) is 9.84 Å². The molecule has 1 atom stereocenters. The minimum atomic E-state index is -0.716. The molecule has 4 nitrogen and oxygen atoms in total. The van der Waals surface area contributed by atoms with Crippen molar-refractivity contribution in [1.82, 2.24) is 0 Å². The van der Waals surface area contributed by atoms with Crippen LogP contribution >= 0.6 is 0 Å². The Morgan fingerprint density at radius 2 is 1.15 bits per heavy atom. The highest BCUT2D eigenvalue weighted by atomic mass is 16.5. The van der Waals surface area contributed by atoms with Crippen LogP contribution in [-0.2, 0) is 14.3 Å². The van der Waals surface area contributed by atoms with Gasteiger partial charge in [-0.05, 0) is 38.5 Å². The van der Waals surface area contributed by atoms with Crippen LogP contribution in [0.25, 0.3) is 0 Å². The number of hydrogen-bond donors (Lipinski definition) is 1. The van der Waals surface area contributed by atoms with E-state index in [-0.39, 0.29) is 18.5 Å². The fraction of sp³-hybridized carbons (Fsp3) is 0.909. The molecular weight excluding hydrogens is 328 g/mol. The lowest BCUT2D eigenvalue weighted by atomic mass is 10.0. The topological polar surface area (TPSA) is 63.6 Å². The largest absolute Gasteiger partial charge is 0.481 e. The predicted octanol–water partition coefficient (Wildman–Crippen LogP) is 6.65. The van der Waals surface area contributed by atoms with Crippen molar-refractivity contribution in [2.24, 2.45) is 0 Å². The molecule has 0 saturated carbocycles. The Labute approximate surface area is 161 Å². The fourth-order valence-corrected chi connectivity index (χ4v) is 3.18. The lowest BCUT2D eigenvalue weighted by Crippen LogP contribution is -2.18. The molecule has 0 aromatic rings. The molecule has 0 amide bonds. The van der Waals surface area contributed by atoms with Gasteiger partial charge in [0.2, 0.25) is 0 Å². The van der Waals surface area contributed by atoms with E-state index in [0.717, 1.165) is 57.8 Å². The number of unbranched alkanes of at least 4 members (excludes halogenated alkanes) is 10. The van der Waals surface area contributed by atoms with Crippen molar-refractivity contribution in [1.29, 1.82) is 0 Å². The van der Waals surface area contributed by atoms with E-state index < -0.39 is 5.97 Å². The Morgan fingerprint density at radius 3 is 1.69 bits per heavy atom. The van der Waals surface area contributed by atoms with Gasteiger partial charge in [-0.15, -0.1) is 0 Å². The summed E-state index contributed by atoms with van der Waals surface area (Å²) in [5, 5.41) is 8.66. The number of carbonyl (C=O) groups is 2. The van der Waals surface area contributed by atoms with Crippen molar-refractivity contribution in [3.63, 3.8) is 0 Å². The third-order valence-corrected chi connectivity index (χ3v) is 4.83. The van der Waals surface area contributed by atoms with Gasteiger partial charge in [-0.1, -0.05) is 71.6 Å². The standard InChI is InChI=1S/C22H42O4/c1-3-5-7-9-15-19-22(25)26-20(16-12-8-6-4-2)17-13-10-11-14-18-21(23)24/h20H,3-19H2,1-2H3,(H,23,24). The average Bonchev–Trinajstić information content (AvgIpc) is 2.60. The maximum absolute atomic E-state index is 12.1. The van der Waals surface area contributed by atoms with Crippen molar-refractivity contribution in [3.8, 4) is 0 Å². The molecule has 26 heavy (non-hydrogen) atoms. The van der Waals surface area contributed by atoms with Crippen LogP contribution in [-0.4, -0.2) is 23.1 Å². The average molecular weight is 371 g/mol. The van der Waals surface area contributed by atoms with Gasteiger partial charge in [-0.2, -0.15) is 0 Å². The van der Waals surface area contributed by atoms with Crippen LogP contribution < -0.4 is 0 Å². The van der Waals surface area contributed by atoms with Gasteiger partial charge < -0.3 is 9.84 Å². The summed E-state index contributed by atoms with van der Waals surface area (Å²) in [4.78, 5) is 22.6. The van der Waals surface area contributed by atoms with Gasteiger partial charge >= 0.3 is 11.9 Å². The third-order valence-electron chi connectivity index (χ3n) is 4.83. The van der Waals surface area contributed by atoms with E-state index in [1.807, 2.05) is 0 Å². The number of carbonyl (C=O) groups excluding carboxylic acids is 1. The molecule has 0 aliphatic carbocycles. The molecule has 0 aromatic heterocycles. The monoisotopic (exact) mass is 370 g/mol. The molecule has 0 bridgehead atoms. The highest BCUT2D eigenvalue weighted by Gasteiger charge is 2.14. The first-order chi connectivity index (χ1) is 12.6. The van der Waals surface area contributed by atoms with Crippen molar-refractivity contribution in [2.45, 2.75) is 129 Å². The number of esters is 1. The number of ether oxygens (including phenoxy) is 1. The molecule has 154 valence electrons. The number of hydrogen-bond acceptors (Lipinski definition) is 3. The number of rotatable bonds is 19. The van der Waals surface area contributed by atoms with Crippen molar-refractivity contribution in [2.75, 3.05) is 0 Å². The molecule has 0 aliphatic heterocycles. The molecule has 0 spiro atoms. The van der Waals surface area contributed by atoms with Gasteiger partial charge in [0.15, 0.2) is 0 Å². The van der Waals surface area contributed by atoms with Crippen LogP contribution in [0.3, 0.4) is 0 Å². The Balaban J connectivity index is 3.99. The zero-order valence-corrected chi connectivity index (χ0v) is 17.3. The van der Waals surface area contributed by atoms with E-state index in [2.05, 4.69) is 13.8 Å². The molecule has 0 aliphatic rings. The lowest BCUT2D eigenvalue weighted by Gasteiger charge is -2.18. The number of carboxylic acid groups (broad SMARTS) is 1. The summed E-state index contributed by atoms with van der Waals surface area (Å²) in [6, 6.07) is 0. The molecule has 0 radical (unpaired) electrons. The molecule has 0 fully saturated rings. The van der Waals surface area contributed by atoms with Gasteiger partial charge in [0, 0.05) is 12.8 Å². The Kier molecular flexibility index (Phi) is 18.0. The predicted molar refractivity (Wildman–Crippen MR) is 107 cm³/mol. The SMILES string of the molecule is CCCCCCCC(=O)OC(CCCCCC)CCCCCCC(=O)O. The molecule has 1 N–H and O–H groups in total. The fourth-order valence-electron chi connectivity index (χ4n) is 3.18. The van der Waals surface area contributed by atoms with Gasteiger partial charge in [-0.3, -0.25) is 9.59 Å². The van der Waals surface area contributed by atoms with Crippen LogP contribution in [0.1, 0.15) is 123 Å². The molecular formula is C22H42O4. The quantitative estimate of drug-likeness (QED) is 0.204. The summed E-state index contributed by atoms with van der Waals surface area (Å²) >= 11 is 0. The minimum Gasteiger partial charge on any atom is -0.481 e. The van der Waals surface area contributed by atoms with Crippen LogP contribution in [0.15, 0.2) is 0 Å². The first kappa shape index (κ1) is 24.9. The first-order valence-corrected chi connectivity index (χ1v) is 11.0. The summed E-state index contributed by atoms with van der Waals surface area (Å²) < 4.78 is 5.75. The van der Waals surface area contributed by atoms with E-state index in [1.54, 1.807) is 0 Å². The molecule has 0 aromatic carbocycles. The molecule has 0 heterocycles. The Hall–Kier alpha value is -1.06. The Bertz CT molecular complexity index is 341. The second-order valence-electron chi connectivity index (χ2n) is 7.47. The van der Waals surface area contributed by atoms with E-state index in [0.29, 0.717) is 6.42 Å². The first-order valence-electron chi connectivity index (χ1n) is 11.0. The lowest BCUT2D eigenvalue weighted by molar-refractivity contribution is -0.150. The summed E-state index contributed by atoms with van der Waals surface area (Å²) in [6.07, 6.45) is 17.0. The second kappa shape index (κ2) is 18.7. The highest BCUT2D eigenvalue weighted by Crippen LogP contribution is 2.17. The van der Waals surface area contributed by atoms with Gasteiger partial charge in [0.05, 0.1) is 0 Å². The van der Waals surface area contributed by atoms with Crippen LogP contribution in [0.5, 0.6) is 0 Å². The van der Waals surface area contributed by atoms with Gasteiger partial charge in [0.25, 0.3) is 0 Å². The van der Waals surface area contributed by atoms with Crippen molar-refractivity contribution in [3.05, 3.63) is 0 Å². The number of carboxylic acids is 1. The smallest absolute Gasteiger partial charge is 0.306 e. The molecule has 1 unspecified atom stereocenters. The maximum atomic E-state index is 12.1. The minimum absolute atomic E-state index is 0.0344. The Morgan fingerprint density at radius 1 is 0.692 bits per heavy atom. The van der Waals surface area contributed by atoms with Crippen molar-refractivity contribution >= 4 is 11.9 Å². The van der Waals surface area contributed by atoms with Crippen LogP contribution in [0.4, 0.5) is 0 Å². The zero-order chi connectivity index (χ0) is 19.5. The van der Waals surface area contributed by atoms with Crippen molar-refractivity contribution < 1.29 is 19.4 Å². The number of aliphatic carboxylic acids is 1. The summed E-state index contributed by atoms with van der Waals surface area (Å²) in [5.74, 6) is -0.750. The molecule has 4 heteroatoms. The highest BCUT2D eigenvalue weighted by molar-refractivity contribution is 5.69. The summed E-state index contributed by atoms with van der Waals surface area (Å²) in [6.45, 7) is 4.40. The third kappa shape index (κ3) is 17.8. The second-order valence-corrected chi connectivity index (χ2v) is 7.47. The van der Waals surface area contributed by atoms with Gasteiger partial charge in [0.1, 0.15) is 6.10 Å². The van der Waals surface area contributed by atoms with E-state index >= 15 is 0 Å². The van der Waals surface area contributed by atoms with E-state index in [9.17, 15) is 9.59 Å². The van der Waals surface area contributed by atoms with Crippen LogP contribution in [0, 0.1) is 0 Å². The molecule has 0 rings (SSSR count). The van der Waals surface area contributed by atoms with Crippen LogP contribution in [0.2, 0.25) is 0 Å². The zero-order valence-electron chi connectivity index (χ0n) is 17.3. The summed E-state index contributed by atoms with van der Waals surface area (Å²) in [5.41, 5.74) is 0.